The maximum absolute atomic E-state index is 10.9. The molecule has 89 valence electrons. The Morgan fingerprint density at radius 3 is 1.93 bits per heavy atom. The van der Waals surface area contributed by atoms with Crippen LogP contribution in [0.25, 0.3) is 0 Å². The lowest BCUT2D eigenvalue weighted by Gasteiger charge is -2.25. The summed E-state index contributed by atoms with van der Waals surface area (Å²) in [4.78, 5) is 10.7. The highest BCUT2D eigenvalue weighted by Crippen LogP contribution is 2.31. The molecule has 0 bridgehead atoms. The van der Waals surface area contributed by atoms with E-state index >= 15 is 0 Å². The third kappa shape index (κ3) is 2.65. The maximum Gasteiger partial charge on any atom is 0.333 e. The summed E-state index contributed by atoms with van der Waals surface area (Å²) in [5.74, 6) is -2.02. The number of unbranched alkanes of at least 4 members (excludes halogenated alkanes) is 1. The molecule has 0 spiro atoms. The smallest absolute Gasteiger partial charge is 0.333 e. The van der Waals surface area contributed by atoms with Crippen molar-refractivity contribution in [3.8, 4) is 0 Å². The number of carboxylic acids is 1. The number of carboxylic acid groups (broad SMARTS) is 1. The molecule has 0 rings (SSSR count). The minimum Gasteiger partial charge on any atom is -0.480 e. The summed E-state index contributed by atoms with van der Waals surface area (Å²) in [7, 11) is -5.13. The molecule has 1 unspecified atom stereocenters. The monoisotopic (exact) mass is 241 g/mol. The number of rotatable bonds is 6. The fourth-order valence-electron chi connectivity index (χ4n) is 1.09. The van der Waals surface area contributed by atoms with E-state index < -0.39 is 33.5 Å². The Bertz CT molecular complexity index is 320. The molecule has 0 aliphatic heterocycles. The van der Waals surface area contributed by atoms with Gasteiger partial charge in [-0.1, -0.05) is 19.8 Å². The number of hydrogen-bond acceptors (Lipinski definition) is 5. The SMILES string of the molecule is CCCCC([C](O)O)(C(=O)O)S(=O)(=O)O. The van der Waals surface area contributed by atoms with Crippen molar-refractivity contribution in [2.45, 2.75) is 30.9 Å². The Kier molecular flexibility index (Phi) is 4.65. The second kappa shape index (κ2) is 4.88. The minimum absolute atomic E-state index is 0.108. The Hall–Kier alpha value is -0.700. The van der Waals surface area contributed by atoms with Gasteiger partial charge in [-0.3, -0.25) is 9.35 Å². The van der Waals surface area contributed by atoms with Crippen molar-refractivity contribution >= 4 is 16.1 Å². The molecule has 7 nitrogen and oxygen atoms in total. The van der Waals surface area contributed by atoms with Gasteiger partial charge in [-0.05, 0) is 6.42 Å². The first-order valence-electron chi connectivity index (χ1n) is 4.16. The first-order valence-corrected chi connectivity index (χ1v) is 5.60. The predicted octanol–water partition coefficient (Wildman–Crippen LogP) is 0.122. The van der Waals surface area contributed by atoms with Gasteiger partial charge in [0.2, 0.25) is 0 Å². The second-order valence-electron chi connectivity index (χ2n) is 3.03. The molecular formula is C7H13O7S. The van der Waals surface area contributed by atoms with Crippen LogP contribution in [0.1, 0.15) is 26.2 Å². The molecule has 0 aliphatic carbocycles. The largest absolute Gasteiger partial charge is 0.480 e. The van der Waals surface area contributed by atoms with Crippen LogP contribution in [0.15, 0.2) is 0 Å². The lowest BCUT2D eigenvalue weighted by Crippen LogP contribution is -2.51. The summed E-state index contributed by atoms with van der Waals surface area (Å²) in [5.41, 5.74) is 0. The van der Waals surface area contributed by atoms with Crippen LogP contribution < -0.4 is 0 Å². The zero-order chi connectivity index (χ0) is 12.3. The van der Waals surface area contributed by atoms with E-state index in [-0.39, 0.29) is 6.42 Å². The van der Waals surface area contributed by atoms with E-state index in [1.54, 1.807) is 6.92 Å². The fraction of sp³-hybridized carbons (Fsp3) is 0.714. The molecule has 1 atom stereocenters. The highest BCUT2D eigenvalue weighted by atomic mass is 32.2. The van der Waals surface area contributed by atoms with E-state index in [9.17, 15) is 13.2 Å². The lowest BCUT2D eigenvalue weighted by atomic mass is 10.0. The predicted molar refractivity (Wildman–Crippen MR) is 48.6 cm³/mol. The van der Waals surface area contributed by atoms with Gasteiger partial charge in [-0.15, -0.1) is 0 Å². The highest BCUT2D eigenvalue weighted by molar-refractivity contribution is 7.88. The third-order valence-electron chi connectivity index (χ3n) is 2.03. The van der Waals surface area contributed by atoms with Crippen LogP contribution in [0, 0.1) is 6.29 Å². The molecule has 0 fully saturated rings. The summed E-state index contributed by atoms with van der Waals surface area (Å²) in [6.45, 7) is 1.66. The summed E-state index contributed by atoms with van der Waals surface area (Å²) >= 11 is 0. The van der Waals surface area contributed by atoms with Crippen LogP contribution in [0.4, 0.5) is 0 Å². The molecule has 15 heavy (non-hydrogen) atoms. The summed E-state index contributed by atoms with van der Waals surface area (Å²) in [6.07, 6.45) is -1.87. The first-order chi connectivity index (χ1) is 6.70. The Morgan fingerprint density at radius 2 is 1.73 bits per heavy atom. The molecule has 0 saturated heterocycles. The highest BCUT2D eigenvalue weighted by Gasteiger charge is 2.57. The maximum atomic E-state index is 10.9. The molecular weight excluding hydrogens is 228 g/mol. The quantitative estimate of drug-likeness (QED) is 0.485. The minimum atomic E-state index is -5.13. The van der Waals surface area contributed by atoms with Crippen molar-refractivity contribution in [1.29, 1.82) is 0 Å². The van der Waals surface area contributed by atoms with Crippen LogP contribution >= 0.6 is 0 Å². The van der Waals surface area contributed by atoms with E-state index in [2.05, 4.69) is 0 Å². The molecule has 8 heteroatoms. The number of aliphatic hydroxyl groups excluding tert-OH is 1. The average molecular weight is 241 g/mol. The van der Waals surface area contributed by atoms with Crippen LogP contribution in [-0.4, -0.2) is 39.0 Å². The molecule has 4 N–H and O–H groups in total. The zero-order valence-electron chi connectivity index (χ0n) is 8.04. The van der Waals surface area contributed by atoms with E-state index in [4.69, 9.17) is 19.9 Å². The average Bonchev–Trinajstić information content (AvgIpc) is 2.01. The first kappa shape index (κ1) is 14.3. The topological polar surface area (TPSA) is 132 Å². The van der Waals surface area contributed by atoms with E-state index in [1.165, 1.54) is 0 Å². The summed E-state index contributed by atoms with van der Waals surface area (Å²) < 4.78 is 27.5. The third-order valence-corrected chi connectivity index (χ3v) is 3.47. The van der Waals surface area contributed by atoms with Crippen molar-refractivity contribution in [3.63, 3.8) is 0 Å². The van der Waals surface area contributed by atoms with Gasteiger partial charge in [0.15, 0.2) is 0 Å². The van der Waals surface area contributed by atoms with Gasteiger partial charge in [0, 0.05) is 0 Å². The van der Waals surface area contributed by atoms with E-state index in [0.717, 1.165) is 0 Å². The van der Waals surface area contributed by atoms with Crippen molar-refractivity contribution in [2.24, 2.45) is 0 Å². The molecule has 0 aliphatic rings. The number of hydrogen-bond donors (Lipinski definition) is 4. The molecule has 0 aromatic heterocycles. The zero-order valence-corrected chi connectivity index (χ0v) is 8.86. The standard InChI is InChI=1S/C7H13O7S/c1-2-3-4-7(5(8)9,6(10)11)15(12,13)14/h8-9H,2-4H2,1H3,(H,10,11)(H,12,13,14). The van der Waals surface area contributed by atoms with Crippen LogP contribution in [0.5, 0.6) is 0 Å². The summed E-state index contributed by atoms with van der Waals surface area (Å²) in [6, 6.07) is 0. The molecule has 0 aromatic carbocycles. The van der Waals surface area contributed by atoms with Crippen molar-refractivity contribution in [3.05, 3.63) is 6.29 Å². The van der Waals surface area contributed by atoms with Gasteiger partial charge in [0.05, 0.1) is 0 Å². The molecule has 0 saturated carbocycles. The number of aliphatic carboxylic acids is 1. The van der Waals surface area contributed by atoms with Gasteiger partial charge in [-0.2, -0.15) is 8.42 Å². The Balaban J connectivity index is 5.40. The van der Waals surface area contributed by atoms with Crippen molar-refractivity contribution in [1.82, 2.24) is 0 Å². The van der Waals surface area contributed by atoms with Crippen molar-refractivity contribution < 1.29 is 33.1 Å². The van der Waals surface area contributed by atoms with Crippen LogP contribution in [-0.2, 0) is 14.9 Å². The second-order valence-corrected chi connectivity index (χ2v) is 4.68. The summed E-state index contributed by atoms with van der Waals surface area (Å²) in [5, 5.41) is 26.2. The number of carbonyl (C=O) groups is 1. The van der Waals surface area contributed by atoms with Crippen LogP contribution in [0.2, 0.25) is 0 Å². The van der Waals surface area contributed by atoms with Gasteiger partial charge in [-0.25, -0.2) is 0 Å². The van der Waals surface area contributed by atoms with Crippen LogP contribution in [0.3, 0.4) is 0 Å². The van der Waals surface area contributed by atoms with E-state index in [0.29, 0.717) is 6.42 Å². The van der Waals surface area contributed by atoms with Gasteiger partial charge < -0.3 is 15.3 Å². The molecule has 0 amide bonds. The molecule has 0 heterocycles. The fourth-order valence-corrected chi connectivity index (χ4v) is 1.95. The molecule has 0 aromatic rings. The van der Waals surface area contributed by atoms with Gasteiger partial charge in [0.1, 0.15) is 0 Å². The molecule has 1 radical (unpaired) electrons. The number of aliphatic hydroxyl groups is 2. The van der Waals surface area contributed by atoms with Crippen molar-refractivity contribution in [2.75, 3.05) is 0 Å². The lowest BCUT2D eigenvalue weighted by molar-refractivity contribution is -0.144. The normalized spacial score (nSPS) is 16.3. The Morgan fingerprint density at radius 1 is 1.27 bits per heavy atom. The van der Waals surface area contributed by atoms with Gasteiger partial charge in [0.25, 0.3) is 21.2 Å². The Labute approximate surface area is 87.1 Å². The van der Waals surface area contributed by atoms with E-state index in [1.807, 2.05) is 0 Å². The van der Waals surface area contributed by atoms with Gasteiger partial charge >= 0.3 is 5.97 Å².